The lowest BCUT2D eigenvalue weighted by molar-refractivity contribution is 0.590. The lowest BCUT2D eigenvalue weighted by Crippen LogP contribution is -2.10. The van der Waals surface area contributed by atoms with Gasteiger partial charge in [0.05, 0.1) is 5.69 Å². The van der Waals surface area contributed by atoms with Gasteiger partial charge in [-0.3, -0.25) is 4.98 Å². The summed E-state index contributed by atoms with van der Waals surface area (Å²) in [6, 6.07) is 23.8. The van der Waals surface area contributed by atoms with Gasteiger partial charge in [0.25, 0.3) is 0 Å². The van der Waals surface area contributed by atoms with E-state index in [1.807, 2.05) is 17.5 Å². The number of nitrogens with zero attached hydrogens (tertiary/aromatic N) is 1. The zero-order chi connectivity index (χ0) is 17.4. The summed E-state index contributed by atoms with van der Waals surface area (Å²) in [6.45, 7) is 6.73. The van der Waals surface area contributed by atoms with Crippen LogP contribution < -0.4 is 0 Å². The monoisotopic (exact) mass is 343 g/mol. The van der Waals surface area contributed by atoms with Gasteiger partial charge in [0, 0.05) is 26.7 Å². The van der Waals surface area contributed by atoms with Gasteiger partial charge in [0.1, 0.15) is 0 Å². The molecule has 0 saturated carbocycles. The van der Waals surface area contributed by atoms with Gasteiger partial charge < -0.3 is 0 Å². The van der Waals surface area contributed by atoms with E-state index >= 15 is 0 Å². The van der Waals surface area contributed by atoms with Crippen molar-refractivity contribution in [3.05, 3.63) is 78.5 Å². The Kier molecular flexibility index (Phi) is 3.93. The number of pyridine rings is 1. The van der Waals surface area contributed by atoms with E-state index < -0.39 is 0 Å². The molecule has 4 aromatic rings. The first-order chi connectivity index (χ1) is 12.0. The fraction of sp³-hybridized carbons (Fsp3) is 0.174. The second-order valence-electron chi connectivity index (χ2n) is 7.38. The molecule has 0 fully saturated rings. The Hall–Kier alpha value is -2.45. The average Bonchev–Trinajstić information content (AvgIpc) is 3.06. The summed E-state index contributed by atoms with van der Waals surface area (Å²) in [5, 5.41) is 1.23. The molecule has 0 aliphatic heterocycles. The Bertz CT molecular complexity index is 1010. The minimum atomic E-state index is 0.167. The van der Waals surface area contributed by atoms with Crippen molar-refractivity contribution in [3.63, 3.8) is 0 Å². The van der Waals surface area contributed by atoms with Gasteiger partial charge in [0.15, 0.2) is 0 Å². The SMILES string of the molecule is CC(C)(C)c1ccc(-c2nccc3sc(-c4ccccc4)cc23)cc1. The van der Waals surface area contributed by atoms with Crippen LogP contribution in [0.2, 0.25) is 0 Å². The maximum atomic E-state index is 4.68. The van der Waals surface area contributed by atoms with Crippen LogP contribution in [0.5, 0.6) is 0 Å². The van der Waals surface area contributed by atoms with Crippen LogP contribution in [0.4, 0.5) is 0 Å². The van der Waals surface area contributed by atoms with Gasteiger partial charge in [-0.15, -0.1) is 11.3 Å². The Morgan fingerprint density at radius 1 is 0.800 bits per heavy atom. The summed E-state index contributed by atoms with van der Waals surface area (Å²) >= 11 is 1.83. The first-order valence-corrected chi connectivity index (χ1v) is 9.39. The van der Waals surface area contributed by atoms with Crippen molar-refractivity contribution in [2.75, 3.05) is 0 Å². The molecular formula is C23H21NS. The molecular weight excluding hydrogens is 322 g/mol. The van der Waals surface area contributed by atoms with Gasteiger partial charge in [-0.2, -0.15) is 0 Å². The smallest absolute Gasteiger partial charge is 0.0788 e. The molecule has 2 aromatic heterocycles. The van der Waals surface area contributed by atoms with Crippen molar-refractivity contribution < 1.29 is 0 Å². The standard InChI is InChI=1S/C23H21NS/c1-23(2,3)18-11-9-17(10-12-18)22-19-15-21(16-7-5-4-6-8-16)25-20(19)13-14-24-22/h4-15H,1-3H3. The van der Waals surface area contributed by atoms with Crippen molar-refractivity contribution in [1.29, 1.82) is 0 Å². The van der Waals surface area contributed by atoms with E-state index in [0.29, 0.717) is 0 Å². The van der Waals surface area contributed by atoms with Crippen molar-refractivity contribution >= 4 is 21.4 Å². The summed E-state index contributed by atoms with van der Waals surface area (Å²) in [5.74, 6) is 0. The number of rotatable bonds is 2. The fourth-order valence-electron chi connectivity index (χ4n) is 3.07. The molecule has 0 saturated heterocycles. The molecule has 1 nitrogen and oxygen atoms in total. The summed E-state index contributed by atoms with van der Waals surface area (Å²) in [4.78, 5) is 5.97. The number of benzene rings is 2. The molecule has 4 rings (SSSR count). The third kappa shape index (κ3) is 3.10. The molecule has 0 amide bonds. The quantitative estimate of drug-likeness (QED) is 0.384. The molecule has 0 aliphatic rings. The highest BCUT2D eigenvalue weighted by atomic mass is 32.1. The highest BCUT2D eigenvalue weighted by Gasteiger charge is 2.15. The molecule has 124 valence electrons. The Balaban J connectivity index is 1.81. The average molecular weight is 343 g/mol. The molecule has 2 heterocycles. The third-order valence-electron chi connectivity index (χ3n) is 4.53. The second-order valence-corrected chi connectivity index (χ2v) is 8.46. The lowest BCUT2D eigenvalue weighted by Gasteiger charge is -2.19. The van der Waals surface area contributed by atoms with Gasteiger partial charge >= 0.3 is 0 Å². The zero-order valence-electron chi connectivity index (χ0n) is 14.8. The van der Waals surface area contributed by atoms with Crippen LogP contribution in [0.3, 0.4) is 0 Å². The summed E-state index contributed by atoms with van der Waals surface area (Å²) in [5.41, 5.74) is 5.02. The van der Waals surface area contributed by atoms with Crippen LogP contribution in [-0.4, -0.2) is 4.98 Å². The Morgan fingerprint density at radius 3 is 2.20 bits per heavy atom. The van der Waals surface area contributed by atoms with Crippen LogP contribution in [0.25, 0.3) is 31.8 Å². The van der Waals surface area contributed by atoms with Crippen molar-refractivity contribution in [2.24, 2.45) is 0 Å². The molecule has 0 atom stereocenters. The highest BCUT2D eigenvalue weighted by Crippen LogP contribution is 2.37. The molecule has 0 unspecified atom stereocenters. The fourth-order valence-corrected chi connectivity index (χ4v) is 4.13. The van der Waals surface area contributed by atoms with Crippen molar-refractivity contribution in [2.45, 2.75) is 26.2 Å². The molecule has 25 heavy (non-hydrogen) atoms. The maximum Gasteiger partial charge on any atom is 0.0788 e. The van der Waals surface area contributed by atoms with Crippen molar-refractivity contribution in [3.8, 4) is 21.7 Å². The summed E-state index contributed by atoms with van der Waals surface area (Å²) in [6.07, 6.45) is 1.92. The van der Waals surface area contributed by atoms with E-state index in [9.17, 15) is 0 Å². The minimum absolute atomic E-state index is 0.167. The Morgan fingerprint density at radius 2 is 1.52 bits per heavy atom. The number of hydrogen-bond donors (Lipinski definition) is 0. The topological polar surface area (TPSA) is 12.9 Å². The van der Waals surface area contributed by atoms with Crippen LogP contribution in [0.15, 0.2) is 72.9 Å². The van der Waals surface area contributed by atoms with Gasteiger partial charge in [-0.1, -0.05) is 75.4 Å². The molecule has 0 aliphatic carbocycles. The number of hydrogen-bond acceptors (Lipinski definition) is 2. The molecule has 2 heteroatoms. The number of aromatic nitrogens is 1. The highest BCUT2D eigenvalue weighted by molar-refractivity contribution is 7.22. The van der Waals surface area contributed by atoms with Gasteiger partial charge in [-0.05, 0) is 28.7 Å². The van der Waals surface area contributed by atoms with E-state index in [1.165, 1.54) is 31.7 Å². The van der Waals surface area contributed by atoms with Crippen LogP contribution in [-0.2, 0) is 5.41 Å². The largest absolute Gasteiger partial charge is 0.256 e. The van der Waals surface area contributed by atoms with E-state index in [0.717, 1.165) is 5.69 Å². The van der Waals surface area contributed by atoms with Gasteiger partial charge in [-0.25, -0.2) is 0 Å². The van der Waals surface area contributed by atoms with Gasteiger partial charge in [0.2, 0.25) is 0 Å². The third-order valence-corrected chi connectivity index (χ3v) is 5.68. The van der Waals surface area contributed by atoms with Crippen LogP contribution >= 0.6 is 11.3 Å². The van der Waals surface area contributed by atoms with Crippen LogP contribution in [0, 0.1) is 0 Å². The number of fused-ring (bicyclic) bond motifs is 1. The van der Waals surface area contributed by atoms with E-state index in [4.69, 9.17) is 0 Å². The maximum absolute atomic E-state index is 4.68. The first-order valence-electron chi connectivity index (χ1n) is 8.57. The summed E-state index contributed by atoms with van der Waals surface area (Å²) in [7, 11) is 0. The first kappa shape index (κ1) is 16.0. The molecule has 0 N–H and O–H groups in total. The molecule has 0 spiro atoms. The second kappa shape index (κ2) is 6.12. The Labute approximate surface area is 153 Å². The molecule has 0 bridgehead atoms. The van der Waals surface area contributed by atoms with E-state index in [-0.39, 0.29) is 5.41 Å². The normalized spacial score (nSPS) is 11.8. The predicted molar refractivity (Wildman–Crippen MR) is 109 cm³/mol. The van der Waals surface area contributed by atoms with Crippen LogP contribution in [0.1, 0.15) is 26.3 Å². The van der Waals surface area contributed by atoms with Crippen molar-refractivity contribution in [1.82, 2.24) is 4.98 Å². The van der Waals surface area contributed by atoms with E-state index in [1.54, 1.807) is 0 Å². The predicted octanol–water partition coefficient (Wildman–Crippen LogP) is 6.93. The minimum Gasteiger partial charge on any atom is -0.256 e. The lowest BCUT2D eigenvalue weighted by atomic mass is 9.86. The molecule has 0 radical (unpaired) electrons. The van der Waals surface area contributed by atoms with E-state index in [2.05, 4.69) is 92.5 Å². The molecule has 2 aromatic carbocycles. The zero-order valence-corrected chi connectivity index (χ0v) is 15.6. The summed E-state index contributed by atoms with van der Waals surface area (Å²) < 4.78 is 1.28. The number of thiophene rings is 1.